The van der Waals surface area contributed by atoms with Crippen LogP contribution in [0, 0.1) is 0 Å². The van der Waals surface area contributed by atoms with Gasteiger partial charge < -0.3 is 10.2 Å². The van der Waals surface area contributed by atoms with E-state index in [0.717, 1.165) is 19.1 Å². The predicted molar refractivity (Wildman–Crippen MR) is 89.9 cm³/mol. The minimum absolute atomic E-state index is 0.0444. The van der Waals surface area contributed by atoms with Crippen LogP contribution in [0.3, 0.4) is 0 Å². The van der Waals surface area contributed by atoms with E-state index in [-0.39, 0.29) is 11.9 Å². The van der Waals surface area contributed by atoms with Crippen molar-refractivity contribution >= 4 is 5.91 Å². The van der Waals surface area contributed by atoms with Crippen LogP contribution in [0.5, 0.6) is 0 Å². The molecule has 1 atom stereocenters. The third kappa shape index (κ3) is 4.02. The third-order valence-corrected chi connectivity index (χ3v) is 6.03. The highest BCUT2D eigenvalue weighted by Gasteiger charge is 2.30. The molecule has 1 amide bonds. The van der Waals surface area contributed by atoms with Gasteiger partial charge in [-0.15, -0.1) is 0 Å². The summed E-state index contributed by atoms with van der Waals surface area (Å²) in [6, 6.07) is 1.25. The molecule has 1 N–H and O–H groups in total. The summed E-state index contributed by atoms with van der Waals surface area (Å²) in [5.41, 5.74) is 0. The number of likely N-dealkylation sites (tertiary alicyclic amines) is 2. The first-order chi connectivity index (χ1) is 10.7. The molecule has 3 fully saturated rings. The number of carbonyl (C=O) groups excluding carboxylic acids is 1. The first kappa shape index (κ1) is 16.3. The Hall–Kier alpha value is -0.610. The molecule has 2 aliphatic heterocycles. The SMILES string of the molecule is C[C@H](C(=O)NC1CCCC1)N1CCC(N2CCCCC2)CC1. The molecule has 0 aromatic heterocycles. The van der Waals surface area contributed by atoms with Crippen LogP contribution in [-0.2, 0) is 4.79 Å². The van der Waals surface area contributed by atoms with Crippen molar-refractivity contribution in [3.8, 4) is 0 Å². The highest BCUT2D eigenvalue weighted by Crippen LogP contribution is 2.22. The molecule has 0 aromatic carbocycles. The Balaban J connectivity index is 1.42. The van der Waals surface area contributed by atoms with Gasteiger partial charge in [0.1, 0.15) is 0 Å². The fraction of sp³-hybridized carbons (Fsp3) is 0.944. The Morgan fingerprint density at radius 1 is 0.909 bits per heavy atom. The number of piperidine rings is 2. The van der Waals surface area contributed by atoms with Gasteiger partial charge in [-0.05, 0) is 58.5 Å². The van der Waals surface area contributed by atoms with Crippen molar-refractivity contribution in [3.05, 3.63) is 0 Å². The van der Waals surface area contributed by atoms with Crippen molar-refractivity contribution in [2.45, 2.75) is 82.8 Å². The van der Waals surface area contributed by atoms with Crippen molar-refractivity contribution in [2.75, 3.05) is 26.2 Å². The van der Waals surface area contributed by atoms with Gasteiger partial charge in [-0.1, -0.05) is 19.3 Å². The number of nitrogens with one attached hydrogen (secondary N) is 1. The van der Waals surface area contributed by atoms with Gasteiger partial charge in [0, 0.05) is 25.2 Å². The van der Waals surface area contributed by atoms with Crippen molar-refractivity contribution < 1.29 is 4.79 Å². The Kier molecular flexibility index (Phi) is 5.75. The number of hydrogen-bond acceptors (Lipinski definition) is 3. The van der Waals surface area contributed by atoms with Gasteiger partial charge in [0.15, 0.2) is 0 Å². The third-order valence-electron chi connectivity index (χ3n) is 6.03. The molecule has 0 unspecified atom stereocenters. The standard InChI is InChI=1S/C18H33N3O/c1-15(18(22)19-16-7-3-4-8-16)20-13-9-17(10-14-20)21-11-5-2-6-12-21/h15-17H,2-14H2,1H3,(H,19,22)/t15-/m1/s1. The summed E-state index contributed by atoms with van der Waals surface area (Å²) in [5, 5.41) is 3.26. The average Bonchev–Trinajstić information content (AvgIpc) is 3.08. The molecule has 1 saturated carbocycles. The molecule has 0 spiro atoms. The minimum atomic E-state index is 0.0444. The Bertz CT molecular complexity index is 353. The summed E-state index contributed by atoms with van der Waals surface area (Å²) in [4.78, 5) is 17.5. The summed E-state index contributed by atoms with van der Waals surface area (Å²) in [7, 11) is 0. The Morgan fingerprint density at radius 2 is 1.55 bits per heavy atom. The van der Waals surface area contributed by atoms with Gasteiger partial charge in [-0.25, -0.2) is 0 Å². The Labute approximate surface area is 135 Å². The van der Waals surface area contributed by atoms with Crippen LogP contribution in [0.4, 0.5) is 0 Å². The summed E-state index contributed by atoms with van der Waals surface area (Å²) in [5.74, 6) is 0.253. The number of carbonyl (C=O) groups is 1. The maximum atomic E-state index is 12.4. The molecule has 2 heterocycles. The lowest BCUT2D eigenvalue weighted by Crippen LogP contribution is -2.53. The van der Waals surface area contributed by atoms with Crippen LogP contribution >= 0.6 is 0 Å². The van der Waals surface area contributed by atoms with Gasteiger partial charge in [0.05, 0.1) is 6.04 Å². The molecule has 4 nitrogen and oxygen atoms in total. The van der Waals surface area contributed by atoms with E-state index in [1.54, 1.807) is 0 Å². The van der Waals surface area contributed by atoms with Crippen LogP contribution in [0.15, 0.2) is 0 Å². The highest BCUT2D eigenvalue weighted by atomic mass is 16.2. The molecular formula is C18H33N3O. The van der Waals surface area contributed by atoms with Crippen molar-refractivity contribution in [2.24, 2.45) is 0 Å². The average molecular weight is 307 g/mol. The van der Waals surface area contributed by atoms with E-state index in [1.165, 1.54) is 70.9 Å². The number of amides is 1. The van der Waals surface area contributed by atoms with E-state index in [9.17, 15) is 4.79 Å². The summed E-state index contributed by atoms with van der Waals surface area (Å²) >= 11 is 0. The van der Waals surface area contributed by atoms with Gasteiger partial charge >= 0.3 is 0 Å². The van der Waals surface area contributed by atoms with Gasteiger partial charge in [0.2, 0.25) is 5.91 Å². The van der Waals surface area contributed by atoms with Crippen molar-refractivity contribution in [3.63, 3.8) is 0 Å². The first-order valence-electron chi connectivity index (χ1n) is 9.52. The first-order valence-corrected chi connectivity index (χ1v) is 9.52. The normalized spacial score (nSPS) is 27.9. The molecule has 126 valence electrons. The van der Waals surface area contributed by atoms with Gasteiger partial charge in [0.25, 0.3) is 0 Å². The van der Waals surface area contributed by atoms with Crippen LogP contribution in [0.25, 0.3) is 0 Å². The molecule has 0 aromatic rings. The second-order valence-corrected chi connectivity index (χ2v) is 7.53. The van der Waals surface area contributed by atoms with Gasteiger partial charge in [-0.3, -0.25) is 9.69 Å². The largest absolute Gasteiger partial charge is 0.352 e. The van der Waals surface area contributed by atoms with E-state index >= 15 is 0 Å². The van der Waals surface area contributed by atoms with Crippen LogP contribution in [0.1, 0.15) is 64.7 Å². The molecule has 4 heteroatoms. The van der Waals surface area contributed by atoms with E-state index in [2.05, 4.69) is 22.0 Å². The Morgan fingerprint density at radius 3 is 2.18 bits per heavy atom. The van der Waals surface area contributed by atoms with E-state index in [1.807, 2.05) is 0 Å². The van der Waals surface area contributed by atoms with E-state index < -0.39 is 0 Å². The second kappa shape index (κ2) is 7.78. The second-order valence-electron chi connectivity index (χ2n) is 7.53. The lowest BCUT2D eigenvalue weighted by atomic mass is 9.99. The van der Waals surface area contributed by atoms with Crippen molar-refractivity contribution in [1.29, 1.82) is 0 Å². The van der Waals surface area contributed by atoms with Crippen LogP contribution < -0.4 is 5.32 Å². The van der Waals surface area contributed by atoms with Crippen molar-refractivity contribution in [1.82, 2.24) is 15.1 Å². The summed E-state index contributed by atoms with van der Waals surface area (Å²) in [6.45, 7) is 6.84. The highest BCUT2D eigenvalue weighted by molar-refractivity contribution is 5.81. The smallest absolute Gasteiger partial charge is 0.237 e. The topological polar surface area (TPSA) is 35.6 Å². The lowest BCUT2D eigenvalue weighted by Gasteiger charge is -2.41. The van der Waals surface area contributed by atoms with E-state index in [0.29, 0.717) is 6.04 Å². The minimum Gasteiger partial charge on any atom is -0.352 e. The monoisotopic (exact) mass is 307 g/mol. The number of rotatable bonds is 4. The van der Waals surface area contributed by atoms with E-state index in [4.69, 9.17) is 0 Å². The zero-order chi connectivity index (χ0) is 15.4. The molecule has 0 bridgehead atoms. The quantitative estimate of drug-likeness (QED) is 0.866. The lowest BCUT2D eigenvalue weighted by molar-refractivity contribution is -0.127. The predicted octanol–water partition coefficient (Wildman–Crippen LogP) is 2.38. The zero-order valence-electron chi connectivity index (χ0n) is 14.2. The zero-order valence-corrected chi connectivity index (χ0v) is 14.2. The molecule has 22 heavy (non-hydrogen) atoms. The number of hydrogen-bond donors (Lipinski definition) is 1. The molecule has 0 radical (unpaired) electrons. The summed E-state index contributed by atoms with van der Waals surface area (Å²) < 4.78 is 0. The van der Waals surface area contributed by atoms with Gasteiger partial charge in [-0.2, -0.15) is 0 Å². The summed E-state index contributed by atoms with van der Waals surface area (Å²) in [6.07, 6.45) is 11.5. The molecule has 3 aliphatic rings. The van der Waals surface area contributed by atoms with Crippen LogP contribution in [0.2, 0.25) is 0 Å². The molecule has 1 aliphatic carbocycles. The molecule has 3 rings (SSSR count). The fourth-order valence-electron chi connectivity index (χ4n) is 4.48. The molecule has 2 saturated heterocycles. The number of nitrogens with zero attached hydrogens (tertiary/aromatic N) is 2. The molecular weight excluding hydrogens is 274 g/mol. The fourth-order valence-corrected chi connectivity index (χ4v) is 4.48. The maximum Gasteiger partial charge on any atom is 0.237 e. The maximum absolute atomic E-state index is 12.4. The van der Waals surface area contributed by atoms with Crippen LogP contribution in [-0.4, -0.2) is 60.0 Å².